The Morgan fingerprint density at radius 3 is 3.06 bits per heavy atom. The fraction of sp³-hybridized carbons (Fsp3) is 0.400. The highest BCUT2D eigenvalue weighted by molar-refractivity contribution is 7.16. The van der Waals surface area contributed by atoms with Gasteiger partial charge < -0.3 is 5.32 Å². The van der Waals surface area contributed by atoms with Crippen LogP contribution in [0.15, 0.2) is 24.5 Å². The summed E-state index contributed by atoms with van der Waals surface area (Å²) in [5.74, 6) is 0. The van der Waals surface area contributed by atoms with E-state index in [2.05, 4.69) is 21.7 Å². The molecule has 0 aliphatic carbocycles. The summed E-state index contributed by atoms with van der Waals surface area (Å²) in [5.41, 5.74) is 0. The largest absolute Gasteiger partial charge is 0.312 e. The number of hydrogen-bond donors (Lipinski definition) is 1. The smallest absolute Gasteiger partial charge is 0.0931 e. The third-order valence-electron chi connectivity index (χ3n) is 2.14. The van der Waals surface area contributed by atoms with E-state index in [1.807, 2.05) is 16.9 Å². The summed E-state index contributed by atoms with van der Waals surface area (Å²) >= 11 is 7.46. The summed E-state index contributed by atoms with van der Waals surface area (Å²) in [4.78, 5) is 1.27. The van der Waals surface area contributed by atoms with Gasteiger partial charge in [-0.25, -0.2) is 0 Å². The van der Waals surface area contributed by atoms with Crippen molar-refractivity contribution in [1.29, 1.82) is 0 Å². The van der Waals surface area contributed by atoms with Gasteiger partial charge >= 0.3 is 0 Å². The van der Waals surface area contributed by atoms with Crippen LogP contribution in [0.2, 0.25) is 4.34 Å². The number of thiophene rings is 1. The second kappa shape index (κ2) is 5.98. The molecular formula is C10H13ClN4S. The maximum atomic E-state index is 5.84. The van der Waals surface area contributed by atoms with Gasteiger partial charge in [-0.3, -0.25) is 4.68 Å². The highest BCUT2D eigenvalue weighted by Gasteiger charge is 1.97. The molecule has 0 bridgehead atoms. The predicted octanol–water partition coefficient (Wildman–Crippen LogP) is 2.17. The van der Waals surface area contributed by atoms with E-state index in [9.17, 15) is 0 Å². The maximum Gasteiger partial charge on any atom is 0.0931 e. The first-order valence-corrected chi connectivity index (χ1v) is 6.33. The normalized spacial score (nSPS) is 10.8. The molecule has 0 aliphatic heterocycles. The molecule has 4 nitrogen and oxygen atoms in total. The summed E-state index contributed by atoms with van der Waals surface area (Å²) in [6, 6.07) is 3.98. The fourth-order valence-corrected chi connectivity index (χ4v) is 2.43. The van der Waals surface area contributed by atoms with Crippen molar-refractivity contribution in [2.24, 2.45) is 0 Å². The van der Waals surface area contributed by atoms with E-state index in [0.29, 0.717) is 0 Å². The Labute approximate surface area is 103 Å². The van der Waals surface area contributed by atoms with E-state index in [1.165, 1.54) is 4.88 Å². The highest BCUT2D eigenvalue weighted by Crippen LogP contribution is 2.20. The van der Waals surface area contributed by atoms with Gasteiger partial charge in [-0.05, 0) is 25.1 Å². The molecule has 2 aromatic rings. The number of nitrogens with one attached hydrogen (secondary N) is 1. The van der Waals surface area contributed by atoms with Crippen molar-refractivity contribution in [3.63, 3.8) is 0 Å². The molecule has 2 aromatic heterocycles. The van der Waals surface area contributed by atoms with Crippen molar-refractivity contribution in [3.05, 3.63) is 33.7 Å². The van der Waals surface area contributed by atoms with Crippen LogP contribution in [0.4, 0.5) is 0 Å². The zero-order chi connectivity index (χ0) is 11.2. The lowest BCUT2D eigenvalue weighted by Gasteiger charge is -2.02. The molecule has 86 valence electrons. The molecule has 0 saturated heterocycles. The third kappa shape index (κ3) is 3.59. The summed E-state index contributed by atoms with van der Waals surface area (Å²) in [7, 11) is 0. The summed E-state index contributed by atoms with van der Waals surface area (Å²) in [5, 5.41) is 11.0. The highest BCUT2D eigenvalue weighted by atomic mass is 35.5. The number of rotatable bonds is 6. The van der Waals surface area contributed by atoms with Crippen LogP contribution in [0.3, 0.4) is 0 Å². The van der Waals surface area contributed by atoms with Gasteiger partial charge in [0.15, 0.2) is 0 Å². The Balaban J connectivity index is 1.59. The van der Waals surface area contributed by atoms with Crippen LogP contribution >= 0.6 is 22.9 Å². The van der Waals surface area contributed by atoms with Crippen molar-refractivity contribution in [3.8, 4) is 0 Å². The van der Waals surface area contributed by atoms with Gasteiger partial charge in [-0.15, -0.1) is 16.4 Å². The Morgan fingerprint density at radius 1 is 1.44 bits per heavy atom. The van der Waals surface area contributed by atoms with Gasteiger partial charge in [0.2, 0.25) is 0 Å². The second-order valence-electron chi connectivity index (χ2n) is 3.40. The Hall–Kier alpha value is -0.910. The molecule has 0 aliphatic rings. The SMILES string of the molecule is Clc1ccc(CNCCCn2ccnn2)s1. The molecular weight excluding hydrogens is 244 g/mol. The quantitative estimate of drug-likeness (QED) is 0.806. The lowest BCUT2D eigenvalue weighted by atomic mass is 10.4. The van der Waals surface area contributed by atoms with Crippen LogP contribution < -0.4 is 5.32 Å². The van der Waals surface area contributed by atoms with Crippen LogP contribution in [0, 0.1) is 0 Å². The standard InChI is InChI=1S/C10H13ClN4S/c11-10-3-2-9(16-10)8-12-4-1-6-15-7-5-13-14-15/h2-3,5,7,12H,1,4,6,8H2. The van der Waals surface area contributed by atoms with Gasteiger partial charge in [0.25, 0.3) is 0 Å². The second-order valence-corrected chi connectivity index (χ2v) is 5.20. The summed E-state index contributed by atoms with van der Waals surface area (Å²) in [6.07, 6.45) is 4.61. The monoisotopic (exact) mass is 256 g/mol. The lowest BCUT2D eigenvalue weighted by Crippen LogP contribution is -2.16. The molecule has 1 N–H and O–H groups in total. The van der Waals surface area contributed by atoms with E-state index in [0.717, 1.165) is 30.4 Å². The molecule has 0 saturated carbocycles. The van der Waals surface area contributed by atoms with E-state index < -0.39 is 0 Å². The molecule has 0 aromatic carbocycles. The van der Waals surface area contributed by atoms with Gasteiger partial charge in [0.05, 0.1) is 10.5 Å². The van der Waals surface area contributed by atoms with Crippen molar-refractivity contribution in [2.75, 3.05) is 6.54 Å². The van der Waals surface area contributed by atoms with Crippen LogP contribution in [0.5, 0.6) is 0 Å². The average molecular weight is 257 g/mol. The molecule has 6 heteroatoms. The Morgan fingerprint density at radius 2 is 2.38 bits per heavy atom. The maximum absolute atomic E-state index is 5.84. The molecule has 0 atom stereocenters. The van der Waals surface area contributed by atoms with Crippen LogP contribution in [-0.2, 0) is 13.1 Å². The van der Waals surface area contributed by atoms with Gasteiger partial charge in [0.1, 0.15) is 0 Å². The first-order chi connectivity index (χ1) is 7.84. The van der Waals surface area contributed by atoms with Crippen molar-refractivity contribution < 1.29 is 0 Å². The number of hydrogen-bond acceptors (Lipinski definition) is 4. The predicted molar refractivity (Wildman–Crippen MR) is 65.7 cm³/mol. The molecule has 2 heterocycles. The zero-order valence-corrected chi connectivity index (χ0v) is 10.3. The zero-order valence-electron chi connectivity index (χ0n) is 8.77. The molecule has 0 fully saturated rings. The van der Waals surface area contributed by atoms with E-state index in [4.69, 9.17) is 11.6 Å². The number of aryl methyl sites for hydroxylation is 1. The molecule has 16 heavy (non-hydrogen) atoms. The van der Waals surface area contributed by atoms with Gasteiger partial charge in [-0.2, -0.15) is 0 Å². The number of halogens is 1. The lowest BCUT2D eigenvalue weighted by molar-refractivity contribution is 0.531. The summed E-state index contributed by atoms with van der Waals surface area (Å²) in [6.45, 7) is 2.75. The number of nitrogens with zero attached hydrogens (tertiary/aromatic N) is 3. The van der Waals surface area contributed by atoms with Crippen molar-refractivity contribution in [2.45, 2.75) is 19.5 Å². The van der Waals surface area contributed by atoms with Gasteiger partial charge in [-0.1, -0.05) is 16.8 Å². The minimum Gasteiger partial charge on any atom is -0.312 e. The van der Waals surface area contributed by atoms with E-state index in [-0.39, 0.29) is 0 Å². The average Bonchev–Trinajstić information content (AvgIpc) is 2.89. The molecule has 0 amide bonds. The van der Waals surface area contributed by atoms with Crippen molar-refractivity contribution >= 4 is 22.9 Å². The van der Waals surface area contributed by atoms with Crippen LogP contribution in [-0.4, -0.2) is 21.5 Å². The minimum absolute atomic E-state index is 0.847. The molecule has 0 spiro atoms. The topological polar surface area (TPSA) is 42.7 Å². The van der Waals surface area contributed by atoms with Crippen molar-refractivity contribution in [1.82, 2.24) is 20.3 Å². The molecule has 0 unspecified atom stereocenters. The van der Waals surface area contributed by atoms with E-state index >= 15 is 0 Å². The fourth-order valence-electron chi connectivity index (χ4n) is 1.38. The first kappa shape index (κ1) is 11.6. The Kier molecular flexibility index (Phi) is 4.33. The van der Waals surface area contributed by atoms with Crippen LogP contribution in [0.25, 0.3) is 0 Å². The summed E-state index contributed by atoms with van der Waals surface area (Å²) < 4.78 is 2.68. The van der Waals surface area contributed by atoms with E-state index in [1.54, 1.807) is 17.5 Å². The first-order valence-electron chi connectivity index (χ1n) is 5.13. The number of aromatic nitrogens is 3. The third-order valence-corrected chi connectivity index (χ3v) is 3.37. The van der Waals surface area contributed by atoms with Gasteiger partial charge in [0, 0.05) is 24.2 Å². The molecule has 2 rings (SSSR count). The Bertz CT molecular complexity index is 412. The molecule has 0 radical (unpaired) electrons. The minimum atomic E-state index is 0.847. The van der Waals surface area contributed by atoms with Crippen LogP contribution in [0.1, 0.15) is 11.3 Å².